The van der Waals surface area contributed by atoms with Crippen LogP contribution in [0.1, 0.15) is 118 Å². The van der Waals surface area contributed by atoms with E-state index in [2.05, 4.69) is 21.3 Å². The molecule has 3 fully saturated rings. The Morgan fingerprint density at radius 2 is 1.41 bits per heavy atom. The van der Waals surface area contributed by atoms with E-state index in [9.17, 15) is 48.3 Å². The van der Waals surface area contributed by atoms with Crippen LogP contribution in [0.15, 0.2) is 60.7 Å². The molecule has 0 aromatic heterocycles. The van der Waals surface area contributed by atoms with Gasteiger partial charge in [0.1, 0.15) is 53.6 Å². The van der Waals surface area contributed by atoms with Gasteiger partial charge in [-0.15, -0.1) is 0 Å². The van der Waals surface area contributed by atoms with Crippen LogP contribution < -0.4 is 21.3 Å². The van der Waals surface area contributed by atoms with Gasteiger partial charge in [-0.1, -0.05) is 88.4 Å². The van der Waals surface area contributed by atoms with Gasteiger partial charge in [0, 0.05) is 39.1 Å². The number of hydrogen-bond donors (Lipinski definition) is 5. The van der Waals surface area contributed by atoms with Crippen molar-refractivity contribution >= 4 is 53.8 Å². The van der Waals surface area contributed by atoms with E-state index < -0.39 is 101 Å². The molecule has 76 heavy (non-hydrogen) atoms. The van der Waals surface area contributed by atoms with Gasteiger partial charge in [-0.25, -0.2) is 0 Å². The molecule has 2 aromatic rings. The van der Waals surface area contributed by atoms with Gasteiger partial charge in [-0.05, 0) is 110 Å². The number of amides is 6. The lowest BCUT2D eigenvalue weighted by Crippen LogP contribution is -2.61. The average molecular weight is 1060 g/mol. The third kappa shape index (κ3) is 14.6. The highest BCUT2D eigenvalue weighted by atomic mass is 16.3. The number of likely N-dealkylation sites (N-methyl/N-ethyl adjacent to an activating group) is 3. The maximum atomic E-state index is 14.9. The molecule has 5 N–H and O–H groups in total. The molecule has 0 saturated carbocycles. The van der Waals surface area contributed by atoms with Crippen LogP contribution in [-0.4, -0.2) is 190 Å². The topological polar surface area (TPSA) is 238 Å². The van der Waals surface area contributed by atoms with Gasteiger partial charge in [0.15, 0.2) is 0 Å². The van der Waals surface area contributed by atoms with Gasteiger partial charge in [0.25, 0.3) is 0 Å². The van der Waals surface area contributed by atoms with Crippen LogP contribution in [0.25, 0.3) is 0 Å². The van der Waals surface area contributed by atoms with Gasteiger partial charge in [-0.3, -0.25) is 43.4 Å². The number of piperidine rings is 1. The molecule has 2 aromatic carbocycles. The molecule has 19 heteroatoms. The number of likely N-dealkylation sites (tertiary alicyclic amines) is 1. The lowest BCUT2D eigenvalue weighted by molar-refractivity contribution is -0.146. The Kier molecular flexibility index (Phi) is 21.6. The first kappa shape index (κ1) is 61.0. The molecule has 0 bridgehead atoms. The monoisotopic (exact) mass is 1060 g/mol. The molecule has 418 valence electrons. The third-order valence-electron chi connectivity index (χ3n) is 15.7. The van der Waals surface area contributed by atoms with E-state index in [-0.39, 0.29) is 56.4 Å². The number of nitrogens with zero attached hydrogens (tertiary/aromatic N) is 5. The molecule has 19 nitrogen and oxygen atoms in total. The second-order valence-corrected chi connectivity index (χ2v) is 22.5. The van der Waals surface area contributed by atoms with Crippen molar-refractivity contribution in [2.45, 2.75) is 172 Å². The van der Waals surface area contributed by atoms with Crippen LogP contribution >= 0.6 is 0 Å². The number of hydrogen-bond acceptors (Lipinski definition) is 13. The molecule has 3 saturated heterocycles. The number of aliphatic hydroxyl groups excluding tert-OH is 1. The number of aldehydes is 2. The Labute approximate surface area is 449 Å². The van der Waals surface area contributed by atoms with Crippen LogP contribution in [0.2, 0.25) is 0 Å². The maximum Gasteiger partial charge on any atom is 0.248 e. The smallest absolute Gasteiger partial charge is 0.248 e. The van der Waals surface area contributed by atoms with Crippen molar-refractivity contribution in [1.82, 2.24) is 45.8 Å². The van der Waals surface area contributed by atoms with Gasteiger partial charge >= 0.3 is 0 Å². The molecule has 9 unspecified atom stereocenters. The minimum Gasteiger partial charge on any atom is -0.391 e. The highest BCUT2D eigenvalue weighted by Crippen LogP contribution is 2.53. The molecule has 6 amide bonds. The summed E-state index contributed by atoms with van der Waals surface area (Å²) in [5, 5.41) is 22.2. The number of ketones is 1. The fourth-order valence-corrected chi connectivity index (χ4v) is 11.0. The van der Waals surface area contributed by atoms with E-state index in [1.165, 1.54) is 32.7 Å². The minimum atomic E-state index is -1.57. The number of fused-ring (bicyclic) bond motifs is 1. The van der Waals surface area contributed by atoms with Gasteiger partial charge in [0.2, 0.25) is 35.4 Å². The summed E-state index contributed by atoms with van der Waals surface area (Å²) in [5.74, 6) is -4.41. The van der Waals surface area contributed by atoms with Crippen molar-refractivity contribution in [2.75, 3.05) is 47.3 Å². The maximum absolute atomic E-state index is 14.9. The molecule has 3 heterocycles. The summed E-state index contributed by atoms with van der Waals surface area (Å²) in [6, 6.07) is 10.3. The molecule has 3 aliphatic heterocycles. The van der Waals surface area contributed by atoms with E-state index in [1.807, 2.05) is 72.2 Å². The van der Waals surface area contributed by atoms with Crippen molar-refractivity contribution in [1.29, 1.82) is 0 Å². The standard InChI is InChI=1S/C57H85N9O10/c1-36(2)30-43-45(33-67)64(11)44(31-41-22-15-12-16-23-41)46(70)26-21-27-58-56(8,55(76)65-28-19-14-20-29-65)32-47(71)60-48(37(3)4)52(73)59-38(5)51(72)61-49(40(7)69)54(75)63(10)39(6)53(74)66-50(42-24-17-13-18-25-42)57(66,35-68)34-62(43)9/h12-13,15-18,22-25,33,35-40,43-45,48-50,58,69H,14,19-21,26-32,34H2,1-11H3,(H,59,73)(H,60,71)(H,61,72)/t38?,39?,40-,43?,44?,45-,48?,49?,50?,56?,57?,66?/m1/s1. The summed E-state index contributed by atoms with van der Waals surface area (Å²) in [6.07, 6.45) is 3.43. The Morgan fingerprint density at radius 1 is 0.789 bits per heavy atom. The van der Waals surface area contributed by atoms with E-state index >= 15 is 0 Å². The number of aliphatic hydroxyl groups is 1. The van der Waals surface area contributed by atoms with Crippen molar-refractivity contribution in [2.24, 2.45) is 11.8 Å². The number of Topliss-reactive ketones (excluding diaryl/α,β-unsaturated/α-hetero) is 1. The minimum absolute atomic E-state index is 0.0225. The van der Waals surface area contributed by atoms with Crippen LogP contribution in [-0.2, 0) is 49.6 Å². The second-order valence-electron chi connectivity index (χ2n) is 22.5. The molecule has 0 radical (unpaired) electrons. The first-order valence-electron chi connectivity index (χ1n) is 27.1. The van der Waals surface area contributed by atoms with E-state index in [0.29, 0.717) is 25.1 Å². The average Bonchev–Trinajstić information content (AvgIpc) is 4.07. The van der Waals surface area contributed by atoms with Crippen molar-refractivity contribution in [3.63, 3.8) is 0 Å². The SMILES string of the molecule is CC(C)CC1[C@@H](C=O)N(C)C(Cc2ccccc2)C(=O)CCCNC(C)(C(=O)N2CCCCC2)CC(=O)NC(C(C)C)C(=O)NC(C)C(=O)NC([C@@H](C)O)C(=O)N(C)C(C)C(=O)N2C(c3ccccc3)C2(C=O)CN1C. The largest absolute Gasteiger partial charge is 0.391 e. The summed E-state index contributed by atoms with van der Waals surface area (Å²) in [7, 11) is 4.92. The Bertz CT molecular complexity index is 2350. The van der Waals surface area contributed by atoms with E-state index in [0.717, 1.165) is 42.3 Å². The Hall–Kier alpha value is -5.89. The third-order valence-corrected chi connectivity index (χ3v) is 15.7. The first-order chi connectivity index (χ1) is 35.9. The van der Waals surface area contributed by atoms with Gasteiger partial charge < -0.3 is 50.7 Å². The summed E-state index contributed by atoms with van der Waals surface area (Å²) in [4.78, 5) is 136. The van der Waals surface area contributed by atoms with Crippen LogP contribution in [0.5, 0.6) is 0 Å². The molecule has 0 aliphatic carbocycles. The number of carbonyl (C=O) groups is 9. The molecular weight excluding hydrogens is 971 g/mol. The van der Waals surface area contributed by atoms with Crippen LogP contribution in [0.4, 0.5) is 0 Å². The normalized spacial score (nSPS) is 30.6. The van der Waals surface area contributed by atoms with E-state index in [4.69, 9.17) is 0 Å². The molecule has 3 aliphatic rings. The molecule has 5 rings (SSSR count). The van der Waals surface area contributed by atoms with E-state index in [1.54, 1.807) is 51.9 Å². The Morgan fingerprint density at radius 3 is 1.97 bits per heavy atom. The molecule has 11 atom stereocenters. The van der Waals surface area contributed by atoms with Crippen LogP contribution in [0, 0.1) is 11.8 Å². The van der Waals surface area contributed by atoms with Crippen molar-refractivity contribution in [3.05, 3.63) is 71.8 Å². The predicted octanol–water partition coefficient (Wildman–Crippen LogP) is 2.44. The van der Waals surface area contributed by atoms with Crippen molar-refractivity contribution < 1.29 is 48.3 Å². The lowest BCUT2D eigenvalue weighted by atomic mass is 9.90. The zero-order valence-corrected chi connectivity index (χ0v) is 46.6. The van der Waals surface area contributed by atoms with Gasteiger partial charge in [-0.2, -0.15) is 0 Å². The molecule has 0 spiro atoms. The molecular formula is C57H85N9O10. The predicted molar refractivity (Wildman–Crippen MR) is 288 cm³/mol. The number of carbonyl (C=O) groups excluding carboxylic acids is 9. The number of nitrogens with one attached hydrogen (secondary N) is 4. The fourth-order valence-electron chi connectivity index (χ4n) is 11.0. The summed E-state index contributed by atoms with van der Waals surface area (Å²) in [5.41, 5.74) is -1.37. The first-order valence-corrected chi connectivity index (χ1v) is 27.1. The number of benzene rings is 2. The zero-order chi connectivity index (χ0) is 56.2. The summed E-state index contributed by atoms with van der Waals surface area (Å²) in [6.45, 7) is 14.5. The summed E-state index contributed by atoms with van der Waals surface area (Å²) < 4.78 is 0. The zero-order valence-electron chi connectivity index (χ0n) is 46.6. The Balaban J connectivity index is 1.59. The summed E-state index contributed by atoms with van der Waals surface area (Å²) >= 11 is 0. The highest BCUT2D eigenvalue weighted by Gasteiger charge is 2.67. The quantitative estimate of drug-likeness (QED) is 0.170. The van der Waals surface area contributed by atoms with Gasteiger partial charge in [0.05, 0.1) is 30.7 Å². The number of rotatable bonds is 10. The second kappa shape index (κ2) is 26.9. The highest BCUT2D eigenvalue weighted by molar-refractivity contribution is 5.98. The van der Waals surface area contributed by atoms with Crippen LogP contribution in [0.3, 0.4) is 0 Å². The fraction of sp³-hybridized carbons (Fsp3) is 0.632. The lowest BCUT2D eigenvalue weighted by Gasteiger charge is -2.41. The van der Waals surface area contributed by atoms with Crippen molar-refractivity contribution in [3.8, 4) is 0 Å².